The summed E-state index contributed by atoms with van der Waals surface area (Å²) >= 11 is 5.82. The molecule has 25 heavy (non-hydrogen) atoms. The Bertz CT molecular complexity index is 870. The van der Waals surface area contributed by atoms with Gasteiger partial charge in [-0.15, -0.1) is 0 Å². The fourth-order valence-corrected chi connectivity index (χ4v) is 3.22. The summed E-state index contributed by atoms with van der Waals surface area (Å²) in [4.78, 5) is 28.0. The highest BCUT2D eigenvalue weighted by molar-refractivity contribution is 6.32. The first kappa shape index (κ1) is 17.4. The number of hydrogen-bond acceptors (Lipinski definition) is 4. The van der Waals surface area contributed by atoms with Crippen LogP contribution >= 0.6 is 11.6 Å². The van der Waals surface area contributed by atoms with Gasteiger partial charge in [0.05, 0.1) is 11.0 Å². The van der Waals surface area contributed by atoms with E-state index in [9.17, 15) is 14.9 Å². The van der Waals surface area contributed by atoms with Crippen LogP contribution in [-0.2, 0) is 0 Å². The number of rotatable bonds is 3. The highest BCUT2D eigenvalue weighted by Crippen LogP contribution is 2.25. The Labute approximate surface area is 149 Å². The Balaban J connectivity index is 1.99. The monoisotopic (exact) mass is 359 g/mol. The Morgan fingerprint density at radius 2 is 1.96 bits per heavy atom. The van der Waals surface area contributed by atoms with Crippen LogP contribution in [0, 0.1) is 10.1 Å². The molecule has 1 aromatic carbocycles. The molecule has 7 heteroatoms. The van der Waals surface area contributed by atoms with Crippen molar-refractivity contribution in [1.82, 2.24) is 4.57 Å². The van der Waals surface area contributed by atoms with E-state index in [1.165, 1.54) is 29.2 Å². The topological polar surface area (TPSA) is 77.5 Å². The molecule has 0 bridgehead atoms. The van der Waals surface area contributed by atoms with Gasteiger partial charge >= 0.3 is 0 Å². The maximum absolute atomic E-state index is 12.8. The predicted octanol–water partition coefficient (Wildman–Crippen LogP) is 3.97. The van der Waals surface area contributed by atoms with Gasteiger partial charge in [-0.05, 0) is 37.1 Å². The summed E-state index contributed by atoms with van der Waals surface area (Å²) in [5.74, 6) is -0.366. The number of nitro benzene ring substituents is 1. The van der Waals surface area contributed by atoms with Gasteiger partial charge in [0.2, 0.25) is 0 Å². The summed E-state index contributed by atoms with van der Waals surface area (Å²) in [5, 5.41) is 11.1. The molecule has 2 aromatic rings. The van der Waals surface area contributed by atoms with Gasteiger partial charge in [-0.2, -0.15) is 0 Å². The van der Waals surface area contributed by atoms with Gasteiger partial charge in [0.15, 0.2) is 0 Å². The van der Waals surface area contributed by atoms with Crippen LogP contribution in [0.1, 0.15) is 42.5 Å². The van der Waals surface area contributed by atoms with E-state index < -0.39 is 4.92 Å². The van der Waals surface area contributed by atoms with E-state index in [0.717, 1.165) is 25.7 Å². The number of nitrogens with zero attached hydrogens (tertiary/aromatic N) is 3. The van der Waals surface area contributed by atoms with Gasteiger partial charge in [0.1, 0.15) is 10.5 Å². The van der Waals surface area contributed by atoms with Crippen molar-refractivity contribution in [3.05, 3.63) is 68.8 Å². The lowest BCUT2D eigenvalue weighted by atomic mass is 9.96. The molecule has 0 N–H and O–H groups in total. The zero-order valence-corrected chi connectivity index (χ0v) is 14.4. The average molecular weight is 360 g/mol. The molecule has 3 rings (SSSR count). The SMILES string of the molecule is O=C(c1ccc(Cl)c([N+](=O)[O-])c1)n1ccccc1=NC1CCCCC1. The molecule has 1 aliphatic carbocycles. The third-order valence-electron chi connectivity index (χ3n) is 4.34. The third-order valence-corrected chi connectivity index (χ3v) is 4.66. The van der Waals surface area contributed by atoms with Crippen molar-refractivity contribution in [3.8, 4) is 0 Å². The van der Waals surface area contributed by atoms with Crippen LogP contribution < -0.4 is 5.49 Å². The molecule has 0 radical (unpaired) electrons. The van der Waals surface area contributed by atoms with Crippen LogP contribution in [0.2, 0.25) is 5.02 Å². The normalized spacial score (nSPS) is 16.0. The number of nitro groups is 1. The van der Waals surface area contributed by atoms with Crippen molar-refractivity contribution >= 4 is 23.2 Å². The molecule has 1 aliphatic rings. The first-order valence-electron chi connectivity index (χ1n) is 8.26. The third kappa shape index (κ3) is 3.96. The van der Waals surface area contributed by atoms with E-state index in [2.05, 4.69) is 0 Å². The minimum atomic E-state index is -0.595. The second-order valence-corrected chi connectivity index (χ2v) is 6.49. The van der Waals surface area contributed by atoms with E-state index in [1.54, 1.807) is 18.3 Å². The summed E-state index contributed by atoms with van der Waals surface area (Å²) in [7, 11) is 0. The molecule has 130 valence electrons. The number of halogens is 1. The molecule has 0 saturated heterocycles. The molecular weight excluding hydrogens is 342 g/mol. The summed E-state index contributed by atoms with van der Waals surface area (Å²) in [6.07, 6.45) is 7.21. The number of carbonyl (C=O) groups excluding carboxylic acids is 1. The Morgan fingerprint density at radius 3 is 2.68 bits per heavy atom. The standard InChI is InChI=1S/C18H18ClN3O3/c19-15-10-9-13(12-16(15)22(24)25)18(23)21-11-5-4-8-17(21)20-14-6-2-1-3-7-14/h4-5,8-12,14H,1-3,6-7H2. The van der Waals surface area contributed by atoms with Gasteiger partial charge < -0.3 is 0 Å². The smallest absolute Gasteiger partial charge is 0.268 e. The van der Waals surface area contributed by atoms with E-state index in [-0.39, 0.29) is 28.2 Å². The molecule has 1 aromatic heterocycles. The summed E-state index contributed by atoms with van der Waals surface area (Å²) in [5.41, 5.74) is 0.485. The van der Waals surface area contributed by atoms with Crippen LogP contribution in [0.3, 0.4) is 0 Å². The Kier molecular flexibility index (Phi) is 5.28. The molecule has 0 atom stereocenters. The van der Waals surface area contributed by atoms with Gasteiger partial charge in [0.25, 0.3) is 11.6 Å². The van der Waals surface area contributed by atoms with Crippen molar-refractivity contribution in [1.29, 1.82) is 0 Å². The molecule has 0 amide bonds. The van der Waals surface area contributed by atoms with Crippen molar-refractivity contribution in [2.24, 2.45) is 4.99 Å². The molecule has 0 aliphatic heterocycles. The van der Waals surface area contributed by atoms with Crippen LogP contribution in [0.15, 0.2) is 47.6 Å². The maximum atomic E-state index is 12.8. The number of benzene rings is 1. The largest absolute Gasteiger partial charge is 0.288 e. The van der Waals surface area contributed by atoms with E-state index in [4.69, 9.17) is 16.6 Å². The first-order valence-corrected chi connectivity index (χ1v) is 8.64. The Hall–Kier alpha value is -2.47. The maximum Gasteiger partial charge on any atom is 0.288 e. The Morgan fingerprint density at radius 1 is 1.20 bits per heavy atom. The quantitative estimate of drug-likeness (QED) is 0.614. The molecule has 0 spiro atoms. The second kappa shape index (κ2) is 7.61. The lowest BCUT2D eigenvalue weighted by Gasteiger charge is -2.17. The molecular formula is C18H18ClN3O3. The van der Waals surface area contributed by atoms with Crippen molar-refractivity contribution in [2.45, 2.75) is 38.1 Å². The lowest BCUT2D eigenvalue weighted by molar-refractivity contribution is -0.384. The summed E-state index contributed by atoms with van der Waals surface area (Å²) < 4.78 is 1.43. The van der Waals surface area contributed by atoms with Crippen molar-refractivity contribution < 1.29 is 9.72 Å². The van der Waals surface area contributed by atoms with Crippen LogP contribution in [0.25, 0.3) is 0 Å². The molecule has 6 nitrogen and oxygen atoms in total. The minimum absolute atomic E-state index is 0.00623. The van der Waals surface area contributed by atoms with Gasteiger partial charge in [-0.3, -0.25) is 24.5 Å². The van der Waals surface area contributed by atoms with E-state index in [0.29, 0.717) is 5.49 Å². The predicted molar refractivity (Wildman–Crippen MR) is 94.7 cm³/mol. The molecule has 1 saturated carbocycles. The molecule has 0 unspecified atom stereocenters. The van der Waals surface area contributed by atoms with Crippen LogP contribution in [0.4, 0.5) is 5.69 Å². The zero-order chi connectivity index (χ0) is 17.8. The van der Waals surface area contributed by atoms with Gasteiger partial charge in [-0.25, -0.2) is 0 Å². The summed E-state index contributed by atoms with van der Waals surface area (Å²) in [6, 6.07) is 9.63. The highest BCUT2D eigenvalue weighted by Gasteiger charge is 2.18. The van der Waals surface area contributed by atoms with Crippen molar-refractivity contribution in [2.75, 3.05) is 0 Å². The average Bonchev–Trinajstić information content (AvgIpc) is 2.62. The van der Waals surface area contributed by atoms with Crippen LogP contribution in [-0.4, -0.2) is 21.4 Å². The minimum Gasteiger partial charge on any atom is -0.268 e. The van der Waals surface area contributed by atoms with E-state index in [1.807, 2.05) is 6.07 Å². The second-order valence-electron chi connectivity index (χ2n) is 6.08. The van der Waals surface area contributed by atoms with Gasteiger partial charge in [0, 0.05) is 17.8 Å². The number of aromatic nitrogens is 1. The molecule has 1 fully saturated rings. The number of hydrogen-bond donors (Lipinski definition) is 0. The number of carbonyl (C=O) groups is 1. The van der Waals surface area contributed by atoms with Crippen LogP contribution in [0.5, 0.6) is 0 Å². The summed E-state index contributed by atoms with van der Waals surface area (Å²) in [6.45, 7) is 0. The molecule has 1 heterocycles. The van der Waals surface area contributed by atoms with E-state index >= 15 is 0 Å². The zero-order valence-electron chi connectivity index (χ0n) is 13.6. The number of pyridine rings is 1. The fraction of sp³-hybridized carbons (Fsp3) is 0.333. The first-order chi connectivity index (χ1) is 12.1. The lowest BCUT2D eigenvalue weighted by Crippen LogP contribution is -2.29. The van der Waals surface area contributed by atoms with Crippen molar-refractivity contribution in [3.63, 3.8) is 0 Å². The fourth-order valence-electron chi connectivity index (χ4n) is 3.03. The highest BCUT2D eigenvalue weighted by atomic mass is 35.5. The van der Waals surface area contributed by atoms with Gasteiger partial charge in [-0.1, -0.05) is 36.9 Å².